The third kappa shape index (κ3) is 4.99. The summed E-state index contributed by atoms with van der Waals surface area (Å²) >= 11 is 5.72. The van der Waals surface area contributed by atoms with Crippen molar-refractivity contribution in [3.05, 3.63) is 11.1 Å². The zero-order chi connectivity index (χ0) is 11.4. The summed E-state index contributed by atoms with van der Waals surface area (Å²) < 4.78 is 0. The summed E-state index contributed by atoms with van der Waals surface area (Å²) in [5.74, 6) is 0.436. The molecule has 1 atom stereocenters. The molecule has 3 heteroatoms. The first-order chi connectivity index (χ1) is 6.28. The Balaban J connectivity index is 4.47. The molecule has 2 nitrogen and oxygen atoms in total. The monoisotopic (exact) mass is 220 g/mol. The van der Waals surface area contributed by atoms with Gasteiger partial charge in [0.25, 0.3) is 0 Å². The van der Waals surface area contributed by atoms with Crippen molar-refractivity contribution in [2.24, 2.45) is 11.3 Å². The molecular formula is C11H21ClO2. The standard InChI is InChI=1S/C11H21ClO2/c1-8(2)7-11(4,10(13)14)6-5-9(3)12/h5,8,10,13-14H,6-7H2,1-4H3. The third-order valence-corrected chi connectivity index (χ3v) is 2.50. The van der Waals surface area contributed by atoms with Crippen molar-refractivity contribution in [2.75, 3.05) is 0 Å². The molecule has 0 amide bonds. The SMILES string of the molecule is CC(Cl)=CCC(C)(CC(C)C)C(O)O. The van der Waals surface area contributed by atoms with Crippen molar-refractivity contribution in [3.63, 3.8) is 0 Å². The smallest absolute Gasteiger partial charge is 0.157 e. The second-order valence-corrected chi connectivity index (χ2v) is 5.22. The van der Waals surface area contributed by atoms with Crippen molar-refractivity contribution in [3.8, 4) is 0 Å². The first kappa shape index (κ1) is 13.9. The van der Waals surface area contributed by atoms with Crippen LogP contribution in [0.15, 0.2) is 11.1 Å². The lowest BCUT2D eigenvalue weighted by Gasteiger charge is -2.32. The highest BCUT2D eigenvalue weighted by Gasteiger charge is 2.31. The first-order valence-electron chi connectivity index (χ1n) is 4.96. The Morgan fingerprint density at radius 2 is 1.93 bits per heavy atom. The number of aliphatic hydroxyl groups excluding tert-OH is 1. The highest BCUT2D eigenvalue weighted by molar-refractivity contribution is 6.29. The van der Waals surface area contributed by atoms with Gasteiger partial charge in [0.2, 0.25) is 0 Å². The van der Waals surface area contributed by atoms with Crippen molar-refractivity contribution < 1.29 is 10.2 Å². The molecule has 0 aliphatic rings. The van der Waals surface area contributed by atoms with Gasteiger partial charge in [-0.05, 0) is 25.7 Å². The number of hydrogen-bond acceptors (Lipinski definition) is 2. The molecule has 0 aliphatic heterocycles. The van der Waals surface area contributed by atoms with Crippen molar-refractivity contribution >= 4 is 11.6 Å². The Hall–Kier alpha value is -0.0500. The highest BCUT2D eigenvalue weighted by atomic mass is 35.5. The Morgan fingerprint density at radius 1 is 1.43 bits per heavy atom. The van der Waals surface area contributed by atoms with Crippen LogP contribution < -0.4 is 0 Å². The van der Waals surface area contributed by atoms with Gasteiger partial charge >= 0.3 is 0 Å². The van der Waals surface area contributed by atoms with E-state index >= 15 is 0 Å². The van der Waals surface area contributed by atoms with Crippen LogP contribution in [-0.2, 0) is 0 Å². The molecule has 0 saturated carbocycles. The Bertz CT molecular complexity index is 195. The topological polar surface area (TPSA) is 40.5 Å². The molecule has 2 N–H and O–H groups in total. The molecule has 0 radical (unpaired) electrons. The summed E-state index contributed by atoms with van der Waals surface area (Å²) in [5.41, 5.74) is -0.496. The first-order valence-corrected chi connectivity index (χ1v) is 5.34. The second-order valence-electron chi connectivity index (χ2n) is 4.62. The maximum Gasteiger partial charge on any atom is 0.157 e. The van der Waals surface area contributed by atoms with E-state index in [4.69, 9.17) is 11.6 Å². The predicted molar refractivity (Wildman–Crippen MR) is 60.0 cm³/mol. The van der Waals surface area contributed by atoms with Crippen LogP contribution in [0.5, 0.6) is 0 Å². The van der Waals surface area contributed by atoms with E-state index in [9.17, 15) is 10.2 Å². The van der Waals surface area contributed by atoms with Crippen LogP contribution in [0.4, 0.5) is 0 Å². The summed E-state index contributed by atoms with van der Waals surface area (Å²) in [5, 5.41) is 19.3. The predicted octanol–water partition coefficient (Wildman–Crippen LogP) is 2.88. The summed E-state index contributed by atoms with van der Waals surface area (Å²) in [4.78, 5) is 0. The summed E-state index contributed by atoms with van der Waals surface area (Å²) in [6, 6.07) is 0. The summed E-state index contributed by atoms with van der Waals surface area (Å²) in [6.07, 6.45) is 1.91. The van der Waals surface area contributed by atoms with Gasteiger partial charge in [-0.25, -0.2) is 0 Å². The molecular weight excluding hydrogens is 200 g/mol. The molecule has 84 valence electrons. The van der Waals surface area contributed by atoms with Crippen LogP contribution in [-0.4, -0.2) is 16.5 Å². The molecule has 1 unspecified atom stereocenters. The van der Waals surface area contributed by atoms with E-state index in [-0.39, 0.29) is 0 Å². The molecule has 0 saturated heterocycles. The van der Waals surface area contributed by atoms with Crippen molar-refractivity contribution in [1.29, 1.82) is 0 Å². The van der Waals surface area contributed by atoms with E-state index in [1.807, 2.05) is 13.0 Å². The van der Waals surface area contributed by atoms with Gasteiger partial charge in [-0.15, -0.1) is 0 Å². The number of halogens is 1. The fourth-order valence-electron chi connectivity index (χ4n) is 1.60. The van der Waals surface area contributed by atoms with Gasteiger partial charge in [-0.3, -0.25) is 0 Å². The normalized spacial score (nSPS) is 17.6. The number of hydrogen-bond donors (Lipinski definition) is 2. The minimum atomic E-state index is -1.29. The largest absolute Gasteiger partial charge is 0.368 e. The minimum absolute atomic E-state index is 0.436. The van der Waals surface area contributed by atoms with Crippen LogP contribution in [0.25, 0.3) is 0 Å². The van der Waals surface area contributed by atoms with E-state index < -0.39 is 11.7 Å². The Kier molecular flexibility index (Phi) is 5.72. The molecule has 0 fully saturated rings. The van der Waals surface area contributed by atoms with Crippen LogP contribution in [0, 0.1) is 11.3 Å². The lowest BCUT2D eigenvalue weighted by molar-refractivity contribution is -0.134. The van der Waals surface area contributed by atoms with Gasteiger partial charge in [0.15, 0.2) is 6.29 Å². The summed E-state index contributed by atoms with van der Waals surface area (Å²) in [6.45, 7) is 7.80. The second kappa shape index (κ2) is 5.74. The average Bonchev–Trinajstić information content (AvgIpc) is 1.99. The van der Waals surface area contributed by atoms with Gasteiger partial charge in [-0.1, -0.05) is 38.4 Å². The fourth-order valence-corrected chi connectivity index (χ4v) is 1.68. The summed E-state index contributed by atoms with van der Waals surface area (Å²) in [7, 11) is 0. The third-order valence-electron chi connectivity index (χ3n) is 2.35. The lowest BCUT2D eigenvalue weighted by atomic mass is 9.78. The maximum absolute atomic E-state index is 9.32. The molecule has 0 aliphatic carbocycles. The number of rotatable bonds is 5. The van der Waals surface area contributed by atoms with Gasteiger partial charge in [-0.2, -0.15) is 0 Å². The lowest BCUT2D eigenvalue weighted by Crippen LogP contribution is -2.33. The maximum atomic E-state index is 9.32. The molecule has 0 bridgehead atoms. The highest BCUT2D eigenvalue weighted by Crippen LogP contribution is 2.33. The molecule has 0 aromatic rings. The zero-order valence-corrected chi connectivity index (χ0v) is 10.2. The van der Waals surface area contributed by atoms with E-state index in [2.05, 4.69) is 13.8 Å². The van der Waals surface area contributed by atoms with Crippen LogP contribution >= 0.6 is 11.6 Å². The molecule has 0 aromatic carbocycles. The Labute approximate surface area is 91.6 Å². The van der Waals surface area contributed by atoms with Crippen molar-refractivity contribution in [1.82, 2.24) is 0 Å². The van der Waals surface area contributed by atoms with E-state index in [1.54, 1.807) is 6.92 Å². The molecule has 14 heavy (non-hydrogen) atoms. The molecule has 0 heterocycles. The van der Waals surface area contributed by atoms with Crippen LogP contribution in [0.3, 0.4) is 0 Å². The average molecular weight is 221 g/mol. The fraction of sp³-hybridized carbons (Fsp3) is 0.818. The van der Waals surface area contributed by atoms with E-state index in [0.29, 0.717) is 17.4 Å². The minimum Gasteiger partial charge on any atom is -0.368 e. The van der Waals surface area contributed by atoms with Gasteiger partial charge in [0, 0.05) is 10.4 Å². The van der Waals surface area contributed by atoms with Gasteiger partial charge < -0.3 is 10.2 Å². The van der Waals surface area contributed by atoms with Crippen molar-refractivity contribution in [2.45, 2.75) is 46.8 Å². The van der Waals surface area contributed by atoms with Gasteiger partial charge in [0.1, 0.15) is 0 Å². The van der Waals surface area contributed by atoms with Crippen LogP contribution in [0.2, 0.25) is 0 Å². The van der Waals surface area contributed by atoms with Crippen LogP contribution in [0.1, 0.15) is 40.5 Å². The van der Waals surface area contributed by atoms with E-state index in [1.165, 1.54) is 0 Å². The number of aliphatic hydroxyl groups is 2. The number of allylic oxidation sites excluding steroid dienone is 2. The molecule has 0 rings (SSSR count). The van der Waals surface area contributed by atoms with E-state index in [0.717, 1.165) is 6.42 Å². The molecule has 0 spiro atoms. The Morgan fingerprint density at radius 3 is 2.21 bits per heavy atom. The van der Waals surface area contributed by atoms with Gasteiger partial charge in [0.05, 0.1) is 0 Å². The quantitative estimate of drug-likeness (QED) is 0.700. The zero-order valence-electron chi connectivity index (χ0n) is 9.42. The molecule has 0 aromatic heterocycles.